The number of fused-ring (bicyclic) bond motifs is 1. The molecule has 2 N–H and O–H groups in total. The van der Waals surface area contributed by atoms with Crippen molar-refractivity contribution < 1.29 is 32.6 Å². The standard InChI is InChI=1S/C18H24N2O7S/c1-18(2,3)27-15(21)10-13(17(23)24)19-16(22)12-5-6-14-11(9-12)7-8-20(14)28(4,25)26/h5-6,9,13H,7-8,10H2,1-4H3,(H,19,22)(H,23,24)/t13-/m1/s1. The number of carbonyl (C=O) groups excluding carboxylic acids is 2. The van der Waals surface area contributed by atoms with Crippen LogP contribution in [0.3, 0.4) is 0 Å². The molecule has 0 saturated carbocycles. The molecule has 1 heterocycles. The molecule has 1 aromatic carbocycles. The van der Waals surface area contributed by atoms with Crippen molar-refractivity contribution in [2.75, 3.05) is 17.1 Å². The fraction of sp³-hybridized carbons (Fsp3) is 0.500. The van der Waals surface area contributed by atoms with Crippen molar-refractivity contribution in [2.24, 2.45) is 0 Å². The molecule has 0 aliphatic carbocycles. The van der Waals surface area contributed by atoms with Crippen LogP contribution in [0.5, 0.6) is 0 Å². The highest BCUT2D eigenvalue weighted by Gasteiger charge is 2.29. The maximum absolute atomic E-state index is 12.4. The van der Waals surface area contributed by atoms with Crippen LogP contribution in [0.4, 0.5) is 5.69 Å². The van der Waals surface area contributed by atoms with E-state index < -0.39 is 45.9 Å². The number of ether oxygens (including phenoxy) is 1. The molecule has 1 aliphatic rings. The van der Waals surface area contributed by atoms with E-state index in [0.29, 0.717) is 17.7 Å². The van der Waals surface area contributed by atoms with E-state index in [9.17, 15) is 27.9 Å². The summed E-state index contributed by atoms with van der Waals surface area (Å²) in [4.78, 5) is 35.7. The van der Waals surface area contributed by atoms with E-state index in [1.807, 2.05) is 0 Å². The second kappa shape index (κ2) is 7.78. The van der Waals surface area contributed by atoms with Gasteiger partial charge >= 0.3 is 11.9 Å². The minimum Gasteiger partial charge on any atom is -0.480 e. The van der Waals surface area contributed by atoms with E-state index in [2.05, 4.69) is 5.32 Å². The maximum Gasteiger partial charge on any atom is 0.326 e. The van der Waals surface area contributed by atoms with Crippen LogP contribution in [0.1, 0.15) is 43.1 Å². The number of nitrogens with one attached hydrogen (secondary N) is 1. The van der Waals surface area contributed by atoms with Crippen molar-refractivity contribution >= 4 is 33.6 Å². The third-order valence-electron chi connectivity index (χ3n) is 3.99. The molecule has 0 spiro atoms. The molecule has 1 amide bonds. The van der Waals surface area contributed by atoms with Crippen LogP contribution in [0, 0.1) is 0 Å². The molecule has 10 heteroatoms. The summed E-state index contributed by atoms with van der Waals surface area (Å²) in [5, 5.41) is 11.6. The lowest BCUT2D eigenvalue weighted by Crippen LogP contribution is -2.43. The van der Waals surface area contributed by atoms with Crippen LogP contribution < -0.4 is 9.62 Å². The summed E-state index contributed by atoms with van der Waals surface area (Å²) < 4.78 is 29.9. The third kappa shape index (κ3) is 5.44. The number of carbonyl (C=O) groups is 3. The summed E-state index contributed by atoms with van der Waals surface area (Å²) in [6.45, 7) is 5.26. The molecule has 9 nitrogen and oxygen atoms in total. The first-order valence-electron chi connectivity index (χ1n) is 8.64. The molecule has 0 bridgehead atoms. The zero-order valence-corrected chi connectivity index (χ0v) is 17.0. The van der Waals surface area contributed by atoms with Gasteiger partial charge in [0.25, 0.3) is 5.91 Å². The minimum atomic E-state index is -3.40. The molecule has 28 heavy (non-hydrogen) atoms. The number of sulfonamides is 1. The number of benzene rings is 1. The van der Waals surface area contributed by atoms with E-state index in [0.717, 1.165) is 6.26 Å². The van der Waals surface area contributed by atoms with Gasteiger partial charge in [0.1, 0.15) is 11.6 Å². The van der Waals surface area contributed by atoms with Gasteiger partial charge in [-0.15, -0.1) is 0 Å². The van der Waals surface area contributed by atoms with Crippen molar-refractivity contribution in [1.29, 1.82) is 0 Å². The Morgan fingerprint density at radius 1 is 1.29 bits per heavy atom. The Hall–Kier alpha value is -2.62. The van der Waals surface area contributed by atoms with Crippen molar-refractivity contribution in [2.45, 2.75) is 45.3 Å². The number of aliphatic carboxylic acids is 1. The number of esters is 1. The van der Waals surface area contributed by atoms with Crippen LogP contribution in [-0.2, 0) is 30.8 Å². The summed E-state index contributed by atoms with van der Waals surface area (Å²) >= 11 is 0. The SMILES string of the molecule is CC(C)(C)OC(=O)C[C@@H](NC(=O)c1ccc2c(c1)CCN2S(C)(=O)=O)C(=O)O. The van der Waals surface area contributed by atoms with Gasteiger partial charge in [-0.05, 0) is 51.0 Å². The molecule has 0 radical (unpaired) electrons. The predicted molar refractivity (Wildman–Crippen MR) is 102 cm³/mol. The summed E-state index contributed by atoms with van der Waals surface area (Å²) in [5.74, 6) is -2.77. The molecule has 0 aromatic heterocycles. The maximum atomic E-state index is 12.4. The molecule has 1 atom stereocenters. The summed E-state index contributed by atoms with van der Waals surface area (Å²) in [6.07, 6.45) is 1.05. The normalized spacial score (nSPS) is 14.9. The summed E-state index contributed by atoms with van der Waals surface area (Å²) in [6, 6.07) is 3.02. The van der Waals surface area contributed by atoms with Gasteiger partial charge in [0.2, 0.25) is 10.0 Å². The average Bonchev–Trinajstić information content (AvgIpc) is 2.95. The number of carboxylic acid groups (broad SMARTS) is 1. The Morgan fingerprint density at radius 3 is 2.46 bits per heavy atom. The molecular formula is C18H24N2O7S. The highest BCUT2D eigenvalue weighted by atomic mass is 32.2. The number of nitrogens with zero attached hydrogens (tertiary/aromatic N) is 1. The van der Waals surface area contributed by atoms with Gasteiger partial charge in [-0.3, -0.25) is 13.9 Å². The zero-order chi connectivity index (χ0) is 21.3. The molecule has 1 aromatic rings. The number of hydrogen-bond donors (Lipinski definition) is 2. The molecule has 2 rings (SSSR count). The Labute approximate surface area is 163 Å². The summed E-state index contributed by atoms with van der Waals surface area (Å²) in [7, 11) is -3.40. The minimum absolute atomic E-state index is 0.185. The van der Waals surface area contributed by atoms with E-state index in [-0.39, 0.29) is 12.1 Å². The summed E-state index contributed by atoms with van der Waals surface area (Å²) in [5.41, 5.74) is 0.597. The van der Waals surface area contributed by atoms with E-state index in [1.165, 1.54) is 22.5 Å². The Bertz CT molecular complexity index is 903. The van der Waals surface area contributed by atoms with Crippen molar-refractivity contribution in [3.8, 4) is 0 Å². The van der Waals surface area contributed by atoms with E-state index in [1.54, 1.807) is 20.8 Å². The van der Waals surface area contributed by atoms with Crippen LogP contribution in [0.2, 0.25) is 0 Å². The molecule has 1 aliphatic heterocycles. The van der Waals surface area contributed by atoms with Crippen molar-refractivity contribution in [3.05, 3.63) is 29.3 Å². The largest absolute Gasteiger partial charge is 0.480 e. The van der Waals surface area contributed by atoms with Gasteiger partial charge in [-0.25, -0.2) is 13.2 Å². The van der Waals surface area contributed by atoms with Crippen molar-refractivity contribution in [1.82, 2.24) is 5.32 Å². The van der Waals surface area contributed by atoms with Crippen LogP contribution in [0.25, 0.3) is 0 Å². The lowest BCUT2D eigenvalue weighted by molar-refractivity contribution is -0.158. The molecule has 0 fully saturated rings. The van der Waals surface area contributed by atoms with Gasteiger partial charge in [0.15, 0.2) is 0 Å². The van der Waals surface area contributed by atoms with Gasteiger partial charge in [0.05, 0.1) is 18.4 Å². The second-order valence-electron chi connectivity index (χ2n) is 7.58. The average molecular weight is 412 g/mol. The second-order valence-corrected chi connectivity index (χ2v) is 9.49. The quantitative estimate of drug-likeness (QED) is 0.665. The fourth-order valence-electron chi connectivity index (χ4n) is 2.85. The Morgan fingerprint density at radius 2 is 1.93 bits per heavy atom. The molecule has 0 saturated heterocycles. The van der Waals surface area contributed by atoms with E-state index in [4.69, 9.17) is 4.74 Å². The van der Waals surface area contributed by atoms with Gasteiger partial charge in [-0.2, -0.15) is 0 Å². The molecular weight excluding hydrogens is 388 g/mol. The van der Waals surface area contributed by atoms with Gasteiger partial charge in [0, 0.05) is 12.1 Å². The topological polar surface area (TPSA) is 130 Å². The van der Waals surface area contributed by atoms with Crippen molar-refractivity contribution in [3.63, 3.8) is 0 Å². The Balaban J connectivity index is 2.13. The van der Waals surface area contributed by atoms with Crippen LogP contribution in [-0.4, -0.2) is 55.8 Å². The monoisotopic (exact) mass is 412 g/mol. The zero-order valence-electron chi connectivity index (χ0n) is 16.2. The first-order valence-corrected chi connectivity index (χ1v) is 10.5. The van der Waals surface area contributed by atoms with E-state index >= 15 is 0 Å². The number of anilines is 1. The highest BCUT2D eigenvalue weighted by Crippen LogP contribution is 2.30. The lowest BCUT2D eigenvalue weighted by Gasteiger charge is -2.21. The fourth-order valence-corrected chi connectivity index (χ4v) is 3.81. The first-order chi connectivity index (χ1) is 12.8. The number of rotatable bonds is 6. The highest BCUT2D eigenvalue weighted by molar-refractivity contribution is 7.92. The number of hydrogen-bond acceptors (Lipinski definition) is 6. The first kappa shape index (κ1) is 21.7. The number of amides is 1. The van der Waals surface area contributed by atoms with Gasteiger partial charge < -0.3 is 15.2 Å². The van der Waals surface area contributed by atoms with Crippen LogP contribution >= 0.6 is 0 Å². The molecule has 0 unspecified atom stereocenters. The van der Waals surface area contributed by atoms with Crippen LogP contribution in [0.15, 0.2) is 18.2 Å². The lowest BCUT2D eigenvalue weighted by atomic mass is 10.1. The number of carboxylic acids is 1. The van der Waals surface area contributed by atoms with Gasteiger partial charge in [-0.1, -0.05) is 0 Å². The smallest absolute Gasteiger partial charge is 0.326 e. The molecule has 154 valence electrons. The predicted octanol–water partition coefficient (Wildman–Crippen LogP) is 0.924. The Kier molecular flexibility index (Phi) is 6.03. The third-order valence-corrected chi connectivity index (χ3v) is 5.17.